The number of esters is 2. The highest BCUT2D eigenvalue weighted by molar-refractivity contribution is 9.10. The molecular weight excluding hydrogens is 480 g/mol. The van der Waals surface area contributed by atoms with E-state index in [4.69, 9.17) is 14.2 Å². The molecule has 12 heteroatoms. The first-order valence-electron chi connectivity index (χ1n) is 9.10. The summed E-state index contributed by atoms with van der Waals surface area (Å²) in [5, 5.41) is 11.5. The molecule has 1 aromatic carbocycles. The summed E-state index contributed by atoms with van der Waals surface area (Å²) in [5.74, 6) is -5.28. The molecule has 0 aromatic heterocycles. The Labute approximate surface area is 183 Å². The van der Waals surface area contributed by atoms with Gasteiger partial charge in [-0.25, -0.2) is 4.90 Å². The summed E-state index contributed by atoms with van der Waals surface area (Å²) >= 11 is 3.13. The van der Waals surface area contributed by atoms with Gasteiger partial charge in [-0.2, -0.15) is 0 Å². The monoisotopic (exact) mass is 494 g/mol. The van der Waals surface area contributed by atoms with Crippen LogP contribution in [0.4, 0.5) is 11.4 Å². The van der Waals surface area contributed by atoms with Gasteiger partial charge in [0.25, 0.3) is 12.0 Å². The summed E-state index contributed by atoms with van der Waals surface area (Å²) < 4.78 is 16.5. The minimum atomic E-state index is -1.72. The molecule has 2 bridgehead atoms. The van der Waals surface area contributed by atoms with E-state index in [-0.39, 0.29) is 5.69 Å². The van der Waals surface area contributed by atoms with Crippen LogP contribution in [0.3, 0.4) is 0 Å². The molecule has 2 amide bonds. The van der Waals surface area contributed by atoms with Crippen LogP contribution in [-0.4, -0.2) is 46.7 Å². The number of hydrogen-bond donors (Lipinski definition) is 0. The van der Waals surface area contributed by atoms with Crippen LogP contribution >= 0.6 is 15.9 Å². The number of fused-ring (bicyclic) bond motifs is 5. The molecule has 0 saturated carbocycles. The Bertz CT molecular complexity index is 1050. The molecule has 162 valence electrons. The third-order valence-electron chi connectivity index (χ3n) is 5.37. The fourth-order valence-electron chi connectivity index (χ4n) is 4.29. The molecule has 3 aliphatic rings. The van der Waals surface area contributed by atoms with Crippen LogP contribution in [0.1, 0.15) is 13.8 Å². The first kappa shape index (κ1) is 21.1. The van der Waals surface area contributed by atoms with E-state index >= 15 is 0 Å². The Kier molecular flexibility index (Phi) is 4.93. The molecule has 3 heterocycles. The highest BCUT2D eigenvalue weighted by Crippen LogP contribution is 2.55. The first-order valence-corrected chi connectivity index (χ1v) is 9.89. The number of carbonyl (C=O) groups is 4. The molecular formula is C19H15BrN2O9. The van der Waals surface area contributed by atoms with Crippen molar-refractivity contribution in [1.29, 1.82) is 0 Å². The van der Waals surface area contributed by atoms with E-state index in [9.17, 15) is 29.3 Å². The topological polar surface area (TPSA) is 142 Å². The van der Waals surface area contributed by atoms with Gasteiger partial charge in [0.05, 0.1) is 22.9 Å². The van der Waals surface area contributed by atoms with Gasteiger partial charge in [0, 0.05) is 24.4 Å². The van der Waals surface area contributed by atoms with Crippen molar-refractivity contribution in [2.24, 2.45) is 11.8 Å². The highest BCUT2D eigenvalue weighted by Gasteiger charge is 2.72. The second-order valence-electron chi connectivity index (χ2n) is 7.25. The maximum Gasteiger partial charge on any atom is 0.305 e. The molecule has 11 nitrogen and oxygen atoms in total. The Morgan fingerprint density at radius 2 is 1.87 bits per heavy atom. The number of rotatable bonds is 5. The van der Waals surface area contributed by atoms with Crippen LogP contribution < -0.4 is 4.90 Å². The zero-order chi connectivity index (χ0) is 22.7. The zero-order valence-electron chi connectivity index (χ0n) is 16.1. The lowest BCUT2D eigenvalue weighted by atomic mass is 9.76. The van der Waals surface area contributed by atoms with Gasteiger partial charge in [0.1, 0.15) is 5.69 Å². The van der Waals surface area contributed by atoms with E-state index in [0.29, 0.717) is 4.47 Å². The Hall–Kier alpha value is -3.12. The number of nitro benzene ring substituents is 1. The van der Waals surface area contributed by atoms with Gasteiger partial charge in [-0.3, -0.25) is 29.3 Å². The summed E-state index contributed by atoms with van der Waals surface area (Å²) in [4.78, 5) is 61.4. The number of benzene rings is 1. The predicted octanol–water partition coefficient (Wildman–Crippen LogP) is 1.62. The van der Waals surface area contributed by atoms with Crippen molar-refractivity contribution in [1.82, 2.24) is 0 Å². The molecule has 31 heavy (non-hydrogen) atoms. The van der Waals surface area contributed by atoms with Crippen LogP contribution in [0.15, 0.2) is 34.8 Å². The Morgan fingerprint density at radius 3 is 2.45 bits per heavy atom. The second kappa shape index (κ2) is 7.24. The number of carbonyl (C=O) groups excluding carboxylic acids is 4. The molecule has 0 aliphatic carbocycles. The number of hydrogen-bond acceptors (Lipinski definition) is 9. The van der Waals surface area contributed by atoms with Crippen molar-refractivity contribution in [3.8, 4) is 0 Å². The van der Waals surface area contributed by atoms with Crippen LogP contribution in [0.25, 0.3) is 0 Å². The molecule has 4 atom stereocenters. The third-order valence-corrected chi connectivity index (χ3v) is 5.86. The van der Waals surface area contributed by atoms with E-state index in [0.717, 1.165) is 18.7 Å². The Balaban J connectivity index is 1.79. The van der Waals surface area contributed by atoms with Crippen LogP contribution in [-0.2, 0) is 33.4 Å². The van der Waals surface area contributed by atoms with E-state index < -0.39 is 64.2 Å². The van der Waals surface area contributed by atoms with Gasteiger partial charge < -0.3 is 14.2 Å². The molecule has 1 aromatic rings. The molecule has 0 spiro atoms. The van der Waals surface area contributed by atoms with Crippen molar-refractivity contribution >= 4 is 51.1 Å². The summed E-state index contributed by atoms with van der Waals surface area (Å²) in [5.41, 5.74) is -2.36. The number of imide groups is 1. The largest absolute Gasteiger partial charge is 0.422 e. The zero-order valence-corrected chi connectivity index (χ0v) is 17.7. The summed E-state index contributed by atoms with van der Waals surface area (Å²) in [6, 6.07) is 3.94. The summed E-state index contributed by atoms with van der Waals surface area (Å²) in [6.45, 7) is 2.18. The molecule has 0 unspecified atom stereocenters. The number of anilines is 1. The lowest BCUT2D eigenvalue weighted by Gasteiger charge is -2.34. The third kappa shape index (κ3) is 3.13. The van der Waals surface area contributed by atoms with E-state index in [1.807, 2.05) is 0 Å². The predicted molar refractivity (Wildman–Crippen MR) is 104 cm³/mol. The Morgan fingerprint density at radius 1 is 1.23 bits per heavy atom. The molecule has 3 aliphatic heterocycles. The number of nitrogens with zero attached hydrogens (tertiary/aromatic N) is 2. The average Bonchev–Trinajstić information content (AvgIpc) is 3.32. The lowest BCUT2D eigenvalue weighted by molar-refractivity contribution is -0.384. The standard InChI is InChI=1S/C19H15BrN2O9/c1-8(23)29-18(30-9(2)24)19-6-5-13(31-19)14-15(19)17(26)21(16(14)25)11-4-3-10(20)7-12(11)22(27)28/h3-7,13-15,18H,1-2H3/t13-,14-,15-,19-/m1/s1. The van der Waals surface area contributed by atoms with Gasteiger partial charge >= 0.3 is 11.9 Å². The van der Waals surface area contributed by atoms with Crippen LogP contribution in [0.5, 0.6) is 0 Å². The highest BCUT2D eigenvalue weighted by atomic mass is 79.9. The maximum atomic E-state index is 13.4. The van der Waals surface area contributed by atoms with Gasteiger partial charge in [-0.1, -0.05) is 22.0 Å². The SMILES string of the molecule is CC(=O)OC(OC(C)=O)[C@]12C=C[C@@H](O1)[C@H]1C(=O)N(c3ccc(Br)cc3[N+](=O)[O-])C(=O)[C@@H]12. The minimum absolute atomic E-state index is 0.191. The smallest absolute Gasteiger partial charge is 0.305 e. The number of ether oxygens (including phenoxy) is 3. The van der Waals surface area contributed by atoms with Crippen molar-refractivity contribution in [3.63, 3.8) is 0 Å². The lowest BCUT2D eigenvalue weighted by Crippen LogP contribution is -2.52. The minimum Gasteiger partial charge on any atom is -0.422 e. The summed E-state index contributed by atoms with van der Waals surface area (Å²) in [7, 11) is 0. The molecule has 2 fully saturated rings. The van der Waals surface area contributed by atoms with Crippen molar-refractivity contribution in [2.45, 2.75) is 31.8 Å². The van der Waals surface area contributed by atoms with Gasteiger partial charge in [0.15, 0.2) is 5.60 Å². The van der Waals surface area contributed by atoms with Crippen molar-refractivity contribution < 1.29 is 38.3 Å². The van der Waals surface area contributed by atoms with Crippen molar-refractivity contribution in [2.75, 3.05) is 4.90 Å². The van der Waals surface area contributed by atoms with Gasteiger partial charge in [-0.05, 0) is 18.2 Å². The number of halogens is 1. The van der Waals surface area contributed by atoms with Gasteiger partial charge in [0.2, 0.25) is 11.8 Å². The molecule has 0 radical (unpaired) electrons. The number of nitro groups is 1. The second-order valence-corrected chi connectivity index (χ2v) is 8.17. The number of amides is 2. The quantitative estimate of drug-likeness (QED) is 0.149. The molecule has 0 N–H and O–H groups in total. The fourth-order valence-corrected chi connectivity index (χ4v) is 4.64. The van der Waals surface area contributed by atoms with E-state index in [1.54, 1.807) is 0 Å². The van der Waals surface area contributed by atoms with E-state index in [2.05, 4.69) is 15.9 Å². The molecule has 4 rings (SSSR count). The maximum absolute atomic E-state index is 13.4. The fraction of sp³-hybridized carbons (Fsp3) is 0.368. The normalized spacial score (nSPS) is 28.3. The molecule has 2 saturated heterocycles. The van der Waals surface area contributed by atoms with E-state index in [1.165, 1.54) is 30.4 Å². The van der Waals surface area contributed by atoms with Crippen LogP contribution in [0.2, 0.25) is 0 Å². The van der Waals surface area contributed by atoms with Gasteiger partial charge in [-0.15, -0.1) is 0 Å². The average molecular weight is 495 g/mol. The van der Waals surface area contributed by atoms with Crippen LogP contribution in [0, 0.1) is 22.0 Å². The van der Waals surface area contributed by atoms with Crippen molar-refractivity contribution in [3.05, 3.63) is 44.9 Å². The summed E-state index contributed by atoms with van der Waals surface area (Å²) in [6.07, 6.45) is 0.483. The first-order chi connectivity index (χ1) is 14.6.